The van der Waals surface area contributed by atoms with Crippen LogP contribution in [0, 0.1) is 0 Å². The van der Waals surface area contributed by atoms with E-state index in [4.69, 9.17) is 16.6 Å². The highest BCUT2D eigenvalue weighted by atomic mass is 16.2. The molecule has 0 saturated carbocycles. The van der Waals surface area contributed by atoms with Gasteiger partial charge in [-0.15, -0.1) is 0 Å². The number of fused-ring (bicyclic) bond motifs is 1. The quantitative estimate of drug-likeness (QED) is 0.609. The topological polar surface area (TPSA) is 140 Å². The minimum atomic E-state index is -0.104. The van der Waals surface area contributed by atoms with Gasteiger partial charge in [-0.1, -0.05) is 19.1 Å². The Kier molecular flexibility index (Phi) is 8.45. The number of rotatable bonds is 5. The van der Waals surface area contributed by atoms with Crippen molar-refractivity contribution in [2.75, 3.05) is 13.2 Å². The Morgan fingerprint density at radius 3 is 2.52 bits per heavy atom. The van der Waals surface area contributed by atoms with Gasteiger partial charge in [0.2, 0.25) is 5.91 Å². The lowest BCUT2D eigenvalue weighted by molar-refractivity contribution is -0.117. The number of benzene rings is 1. The summed E-state index contributed by atoms with van der Waals surface area (Å²) in [6, 6.07) is 5.80. The Hall–Kier alpha value is -3.10. The van der Waals surface area contributed by atoms with Gasteiger partial charge in [0.05, 0.1) is 12.2 Å². The van der Waals surface area contributed by atoms with Crippen LogP contribution in [0.25, 0.3) is 17.2 Å². The second kappa shape index (κ2) is 11.0. The highest BCUT2D eigenvalue weighted by molar-refractivity contribution is 6.05. The van der Waals surface area contributed by atoms with Crippen LogP contribution in [-0.2, 0) is 11.3 Å². The Balaban J connectivity index is 0.000000941. The first kappa shape index (κ1) is 22.2. The third-order valence-electron chi connectivity index (χ3n) is 4.04. The summed E-state index contributed by atoms with van der Waals surface area (Å²) in [5, 5.41) is 10.5. The molecule has 2 aromatic rings. The van der Waals surface area contributed by atoms with Crippen LogP contribution < -0.4 is 16.8 Å². The van der Waals surface area contributed by atoms with Crippen LogP contribution in [0.2, 0.25) is 0 Å². The van der Waals surface area contributed by atoms with Crippen molar-refractivity contribution in [1.29, 1.82) is 0 Å². The van der Waals surface area contributed by atoms with Crippen LogP contribution in [0.1, 0.15) is 38.1 Å². The molecule has 0 fully saturated rings. The van der Waals surface area contributed by atoms with E-state index in [1.54, 1.807) is 19.3 Å². The summed E-state index contributed by atoms with van der Waals surface area (Å²) in [5.41, 5.74) is 15.5. The summed E-state index contributed by atoms with van der Waals surface area (Å²) < 4.78 is 0. The molecular formula is C21H28N6O2. The third-order valence-corrected chi connectivity index (χ3v) is 4.04. The van der Waals surface area contributed by atoms with Crippen LogP contribution >= 0.6 is 0 Å². The molecule has 8 heteroatoms. The number of aliphatic hydroxyl groups excluding tert-OH is 1. The SMILES string of the molecule is CCCNC(=O)C1=Cc2ccc(-c3cnc(CN)nc3)cc2N=C(N)C1.CCO. The van der Waals surface area contributed by atoms with Gasteiger partial charge < -0.3 is 21.9 Å². The van der Waals surface area contributed by atoms with Crippen molar-refractivity contribution in [3.8, 4) is 11.1 Å². The summed E-state index contributed by atoms with van der Waals surface area (Å²) in [6.07, 6.45) is 6.53. The van der Waals surface area contributed by atoms with Crippen LogP contribution in [0.5, 0.6) is 0 Å². The summed E-state index contributed by atoms with van der Waals surface area (Å²) in [5.74, 6) is 0.901. The molecule has 29 heavy (non-hydrogen) atoms. The van der Waals surface area contributed by atoms with Crippen LogP contribution in [-0.4, -0.2) is 40.0 Å². The van der Waals surface area contributed by atoms with Gasteiger partial charge in [0.1, 0.15) is 11.7 Å². The molecule has 8 nitrogen and oxygen atoms in total. The zero-order valence-corrected chi connectivity index (χ0v) is 16.9. The maximum atomic E-state index is 12.3. The fraction of sp³-hybridized carbons (Fsp3) is 0.333. The van der Waals surface area contributed by atoms with Gasteiger partial charge in [0.15, 0.2) is 0 Å². The van der Waals surface area contributed by atoms with Gasteiger partial charge in [0, 0.05) is 48.7 Å². The Morgan fingerprint density at radius 1 is 1.21 bits per heavy atom. The van der Waals surface area contributed by atoms with E-state index < -0.39 is 0 Å². The number of carbonyl (C=O) groups excluding carboxylic acids is 1. The largest absolute Gasteiger partial charge is 0.397 e. The molecule has 0 radical (unpaired) electrons. The molecular weight excluding hydrogens is 368 g/mol. The summed E-state index contributed by atoms with van der Waals surface area (Å²) >= 11 is 0. The van der Waals surface area contributed by atoms with Crippen molar-refractivity contribution in [2.45, 2.75) is 33.2 Å². The van der Waals surface area contributed by atoms with Crippen LogP contribution in [0.15, 0.2) is 41.2 Å². The van der Waals surface area contributed by atoms with Gasteiger partial charge in [0.25, 0.3) is 0 Å². The first-order valence-electron chi connectivity index (χ1n) is 9.60. The van der Waals surface area contributed by atoms with E-state index in [0.717, 1.165) is 28.8 Å². The molecule has 1 aliphatic rings. The van der Waals surface area contributed by atoms with Gasteiger partial charge in [-0.05, 0) is 31.1 Å². The Morgan fingerprint density at radius 2 is 1.90 bits per heavy atom. The molecule has 0 saturated heterocycles. The number of aromatic nitrogens is 2. The maximum absolute atomic E-state index is 12.3. The van der Waals surface area contributed by atoms with Crippen molar-refractivity contribution < 1.29 is 9.90 Å². The fourth-order valence-electron chi connectivity index (χ4n) is 2.68. The zero-order chi connectivity index (χ0) is 21.2. The molecule has 0 aliphatic carbocycles. The van der Waals surface area contributed by atoms with Crippen molar-refractivity contribution in [1.82, 2.24) is 15.3 Å². The number of aliphatic hydroxyl groups is 1. The predicted octanol–water partition coefficient (Wildman–Crippen LogP) is 1.90. The smallest absolute Gasteiger partial charge is 0.247 e. The molecule has 154 valence electrons. The number of nitrogens with two attached hydrogens (primary N) is 2. The third kappa shape index (κ3) is 6.20. The van der Waals surface area contributed by atoms with E-state index >= 15 is 0 Å². The number of aliphatic imine (C=N–C) groups is 1. The van der Waals surface area contributed by atoms with E-state index in [-0.39, 0.29) is 12.5 Å². The van der Waals surface area contributed by atoms with E-state index in [9.17, 15) is 4.79 Å². The first-order chi connectivity index (χ1) is 14.0. The average Bonchev–Trinajstić information content (AvgIpc) is 2.90. The molecule has 1 amide bonds. The molecule has 0 spiro atoms. The molecule has 6 N–H and O–H groups in total. The first-order valence-corrected chi connectivity index (χ1v) is 9.60. The molecule has 0 unspecified atom stereocenters. The van der Waals surface area contributed by atoms with Crippen molar-refractivity contribution in [2.24, 2.45) is 16.5 Å². The second-order valence-electron chi connectivity index (χ2n) is 6.39. The maximum Gasteiger partial charge on any atom is 0.247 e. The van der Waals surface area contributed by atoms with Gasteiger partial charge in [-0.25, -0.2) is 15.0 Å². The highest BCUT2D eigenvalue weighted by Crippen LogP contribution is 2.31. The fourth-order valence-corrected chi connectivity index (χ4v) is 2.68. The molecule has 1 aromatic heterocycles. The van der Waals surface area contributed by atoms with Gasteiger partial charge >= 0.3 is 0 Å². The standard InChI is InChI=1S/C19H22N6O.C2H6O/c1-2-5-22-19(26)14-6-13-4-3-12(7-16(13)25-17(21)8-14)15-10-23-18(9-20)24-11-15;1-2-3/h3-4,6-7,10-11H,2,5,8-9,20H2,1H3,(H2,21,25)(H,22,26);3H,2H2,1H3. The molecule has 2 heterocycles. The van der Waals surface area contributed by atoms with E-state index in [0.29, 0.717) is 36.7 Å². The molecule has 0 atom stereocenters. The highest BCUT2D eigenvalue weighted by Gasteiger charge is 2.16. The lowest BCUT2D eigenvalue weighted by Gasteiger charge is -2.07. The van der Waals surface area contributed by atoms with Crippen LogP contribution in [0.4, 0.5) is 5.69 Å². The minimum absolute atomic E-state index is 0.104. The molecule has 0 bridgehead atoms. The van der Waals surface area contributed by atoms with E-state index in [1.165, 1.54) is 0 Å². The van der Waals surface area contributed by atoms with Crippen molar-refractivity contribution in [3.63, 3.8) is 0 Å². The number of nitrogens with one attached hydrogen (secondary N) is 1. The van der Waals surface area contributed by atoms with Gasteiger partial charge in [-0.2, -0.15) is 0 Å². The second-order valence-corrected chi connectivity index (χ2v) is 6.39. The Bertz CT molecular complexity index is 891. The summed E-state index contributed by atoms with van der Waals surface area (Å²) in [6.45, 7) is 4.88. The lowest BCUT2D eigenvalue weighted by atomic mass is 10.0. The minimum Gasteiger partial charge on any atom is -0.397 e. The molecule has 1 aliphatic heterocycles. The number of nitrogens with zero attached hydrogens (tertiary/aromatic N) is 3. The van der Waals surface area contributed by atoms with Gasteiger partial charge in [-0.3, -0.25) is 4.79 Å². The zero-order valence-electron chi connectivity index (χ0n) is 16.9. The predicted molar refractivity (Wildman–Crippen MR) is 115 cm³/mol. The number of carbonyl (C=O) groups is 1. The van der Waals surface area contributed by atoms with Crippen LogP contribution in [0.3, 0.4) is 0 Å². The van der Waals surface area contributed by atoms with Crippen molar-refractivity contribution >= 4 is 23.5 Å². The molecule has 3 rings (SSSR count). The van der Waals surface area contributed by atoms with Crippen molar-refractivity contribution in [3.05, 3.63) is 47.6 Å². The monoisotopic (exact) mass is 396 g/mol. The van der Waals surface area contributed by atoms with E-state index in [1.807, 2.05) is 31.2 Å². The number of amidine groups is 1. The number of hydrogen-bond donors (Lipinski definition) is 4. The Labute approximate surface area is 170 Å². The lowest BCUT2D eigenvalue weighted by Crippen LogP contribution is -2.27. The summed E-state index contributed by atoms with van der Waals surface area (Å²) in [7, 11) is 0. The summed E-state index contributed by atoms with van der Waals surface area (Å²) in [4.78, 5) is 25.2. The number of amides is 1. The molecule has 1 aromatic carbocycles. The normalized spacial score (nSPS) is 12.6. The number of hydrogen-bond acceptors (Lipinski definition) is 7. The van der Waals surface area contributed by atoms with E-state index in [2.05, 4.69) is 20.3 Å². The average molecular weight is 396 g/mol.